The Labute approximate surface area is 87.7 Å². The Bertz CT molecular complexity index is 410. The number of phenols is 1. The van der Waals surface area contributed by atoms with E-state index >= 15 is 0 Å². The monoisotopic (exact) mass is 207 g/mol. The Hall–Kier alpha value is -1.71. The van der Waals surface area contributed by atoms with Gasteiger partial charge in [-0.1, -0.05) is 6.07 Å². The summed E-state index contributed by atoms with van der Waals surface area (Å²) in [6.07, 6.45) is 1.56. The van der Waals surface area contributed by atoms with E-state index < -0.39 is 5.41 Å². The Balaban J connectivity index is 2.38. The number of anilines is 1. The van der Waals surface area contributed by atoms with Crippen LogP contribution in [0.25, 0.3) is 0 Å². The predicted octanol–water partition coefficient (Wildman–Crippen LogP) is 1.18. The zero-order valence-electron chi connectivity index (χ0n) is 8.49. The Morgan fingerprint density at radius 2 is 2.20 bits per heavy atom. The molecule has 0 radical (unpaired) electrons. The molecule has 15 heavy (non-hydrogen) atoms. The third-order valence-electron chi connectivity index (χ3n) is 2.91. The molecule has 1 aromatic rings. The lowest BCUT2D eigenvalue weighted by Gasteiger charge is -2.13. The summed E-state index contributed by atoms with van der Waals surface area (Å²) in [6, 6.07) is 4.86. The van der Waals surface area contributed by atoms with Gasteiger partial charge in [0.2, 0.25) is 0 Å². The van der Waals surface area contributed by atoms with Crippen molar-refractivity contribution in [1.82, 2.24) is 0 Å². The van der Waals surface area contributed by atoms with Gasteiger partial charge in [0.1, 0.15) is 5.75 Å². The molecule has 0 bridgehead atoms. The van der Waals surface area contributed by atoms with Crippen molar-refractivity contribution in [2.75, 3.05) is 12.8 Å². The number of carbonyl (C=O) groups is 1. The third kappa shape index (κ3) is 1.42. The number of hydrogen-bond acceptors (Lipinski definition) is 4. The highest BCUT2D eigenvalue weighted by Gasteiger charge is 2.52. The average Bonchev–Trinajstić information content (AvgIpc) is 3.02. The van der Waals surface area contributed by atoms with Crippen LogP contribution in [0.3, 0.4) is 0 Å². The van der Waals surface area contributed by atoms with Gasteiger partial charge in [-0.25, -0.2) is 0 Å². The summed E-state index contributed by atoms with van der Waals surface area (Å²) in [5.74, 6) is -0.188. The SMILES string of the molecule is COC(=O)C1(c2ccc(O)c(N)c2)CC1. The van der Waals surface area contributed by atoms with E-state index in [1.165, 1.54) is 13.2 Å². The minimum Gasteiger partial charge on any atom is -0.506 e. The van der Waals surface area contributed by atoms with Crippen LogP contribution in [-0.4, -0.2) is 18.2 Å². The van der Waals surface area contributed by atoms with E-state index in [0.29, 0.717) is 5.69 Å². The highest BCUT2D eigenvalue weighted by atomic mass is 16.5. The van der Waals surface area contributed by atoms with E-state index in [2.05, 4.69) is 0 Å². The summed E-state index contributed by atoms with van der Waals surface area (Å²) < 4.78 is 4.76. The molecule has 1 saturated carbocycles. The van der Waals surface area contributed by atoms with E-state index in [1.807, 2.05) is 0 Å². The maximum Gasteiger partial charge on any atom is 0.316 e. The number of phenolic OH excluding ortho intramolecular Hbond substituents is 1. The molecule has 1 aromatic carbocycles. The van der Waals surface area contributed by atoms with Crippen molar-refractivity contribution < 1.29 is 14.6 Å². The second-order valence-electron chi connectivity index (χ2n) is 3.85. The fraction of sp³-hybridized carbons (Fsp3) is 0.364. The molecule has 0 amide bonds. The Morgan fingerprint density at radius 1 is 1.53 bits per heavy atom. The quantitative estimate of drug-likeness (QED) is 0.434. The van der Waals surface area contributed by atoms with Gasteiger partial charge in [0, 0.05) is 0 Å². The Morgan fingerprint density at radius 3 is 2.67 bits per heavy atom. The summed E-state index contributed by atoms with van der Waals surface area (Å²) in [7, 11) is 1.38. The number of hydrogen-bond donors (Lipinski definition) is 2. The standard InChI is InChI=1S/C11H13NO3/c1-15-10(14)11(4-5-11)7-2-3-9(13)8(12)6-7/h2-3,6,13H,4-5,12H2,1H3. The number of ether oxygens (including phenoxy) is 1. The van der Waals surface area contributed by atoms with E-state index in [4.69, 9.17) is 10.5 Å². The number of nitrogens with two attached hydrogens (primary N) is 1. The van der Waals surface area contributed by atoms with Crippen LogP contribution in [-0.2, 0) is 14.9 Å². The molecule has 4 nitrogen and oxygen atoms in total. The lowest BCUT2D eigenvalue weighted by molar-refractivity contribution is -0.143. The minimum atomic E-state index is -0.517. The minimum absolute atomic E-state index is 0.0411. The second-order valence-corrected chi connectivity index (χ2v) is 3.85. The smallest absolute Gasteiger partial charge is 0.316 e. The molecule has 0 aliphatic heterocycles. The number of esters is 1. The molecular formula is C11H13NO3. The van der Waals surface area contributed by atoms with Gasteiger partial charge < -0.3 is 15.6 Å². The topological polar surface area (TPSA) is 72.5 Å². The first kappa shape index (κ1) is 9.83. The van der Waals surface area contributed by atoms with Crippen molar-refractivity contribution in [3.8, 4) is 5.75 Å². The second kappa shape index (κ2) is 3.15. The predicted molar refractivity (Wildman–Crippen MR) is 55.4 cm³/mol. The zero-order valence-corrected chi connectivity index (χ0v) is 8.49. The molecule has 4 heteroatoms. The molecule has 1 aliphatic carbocycles. The number of benzene rings is 1. The first-order valence-corrected chi connectivity index (χ1v) is 4.77. The van der Waals surface area contributed by atoms with Crippen LogP contribution in [0.1, 0.15) is 18.4 Å². The molecule has 0 heterocycles. The highest BCUT2D eigenvalue weighted by Crippen LogP contribution is 2.50. The molecule has 3 N–H and O–H groups in total. The van der Waals surface area contributed by atoms with E-state index in [-0.39, 0.29) is 11.7 Å². The number of carbonyl (C=O) groups excluding carboxylic acids is 1. The van der Waals surface area contributed by atoms with E-state index in [0.717, 1.165) is 18.4 Å². The Kier molecular flexibility index (Phi) is 2.07. The highest BCUT2D eigenvalue weighted by molar-refractivity contribution is 5.87. The van der Waals surface area contributed by atoms with Gasteiger partial charge in [-0.3, -0.25) is 4.79 Å². The number of nitrogen functional groups attached to an aromatic ring is 1. The van der Waals surface area contributed by atoms with Gasteiger partial charge in [0.25, 0.3) is 0 Å². The van der Waals surface area contributed by atoms with Gasteiger partial charge in [0.05, 0.1) is 18.2 Å². The van der Waals surface area contributed by atoms with Crippen molar-refractivity contribution in [3.63, 3.8) is 0 Å². The van der Waals surface area contributed by atoms with Crippen LogP contribution < -0.4 is 5.73 Å². The van der Waals surface area contributed by atoms with Gasteiger partial charge in [-0.2, -0.15) is 0 Å². The van der Waals surface area contributed by atoms with Crippen LogP contribution in [0, 0.1) is 0 Å². The van der Waals surface area contributed by atoms with E-state index in [9.17, 15) is 9.90 Å². The normalized spacial score (nSPS) is 17.1. The maximum atomic E-state index is 11.6. The van der Waals surface area contributed by atoms with Gasteiger partial charge in [-0.15, -0.1) is 0 Å². The number of methoxy groups -OCH3 is 1. The first-order chi connectivity index (χ1) is 7.10. The summed E-state index contributed by atoms with van der Waals surface area (Å²) in [6.45, 7) is 0. The lowest BCUT2D eigenvalue weighted by Crippen LogP contribution is -2.21. The van der Waals surface area contributed by atoms with Crippen LogP contribution >= 0.6 is 0 Å². The molecular weight excluding hydrogens is 194 g/mol. The molecule has 0 aromatic heterocycles. The fourth-order valence-corrected chi connectivity index (χ4v) is 1.78. The van der Waals surface area contributed by atoms with Crippen molar-refractivity contribution in [2.24, 2.45) is 0 Å². The van der Waals surface area contributed by atoms with Crippen LogP contribution in [0.15, 0.2) is 18.2 Å². The average molecular weight is 207 g/mol. The molecule has 80 valence electrons. The van der Waals surface area contributed by atoms with Crippen LogP contribution in [0.2, 0.25) is 0 Å². The summed E-state index contributed by atoms with van der Waals surface area (Å²) >= 11 is 0. The molecule has 0 spiro atoms. The van der Waals surface area contributed by atoms with Gasteiger partial charge in [0.15, 0.2) is 0 Å². The van der Waals surface area contributed by atoms with Crippen molar-refractivity contribution in [1.29, 1.82) is 0 Å². The zero-order chi connectivity index (χ0) is 11.1. The summed E-state index contributed by atoms with van der Waals surface area (Å²) in [5.41, 5.74) is 6.19. The van der Waals surface area contributed by atoms with Gasteiger partial charge in [-0.05, 0) is 30.5 Å². The van der Waals surface area contributed by atoms with Crippen molar-refractivity contribution in [2.45, 2.75) is 18.3 Å². The fourth-order valence-electron chi connectivity index (χ4n) is 1.78. The van der Waals surface area contributed by atoms with Crippen molar-refractivity contribution in [3.05, 3.63) is 23.8 Å². The molecule has 2 rings (SSSR count). The first-order valence-electron chi connectivity index (χ1n) is 4.77. The number of aromatic hydroxyl groups is 1. The molecule has 0 atom stereocenters. The van der Waals surface area contributed by atoms with E-state index in [1.54, 1.807) is 12.1 Å². The lowest BCUT2D eigenvalue weighted by atomic mass is 9.95. The van der Waals surface area contributed by atoms with Crippen molar-refractivity contribution >= 4 is 11.7 Å². The third-order valence-corrected chi connectivity index (χ3v) is 2.91. The molecule has 0 unspecified atom stereocenters. The molecule has 1 fully saturated rings. The van der Waals surface area contributed by atoms with Crippen LogP contribution in [0.4, 0.5) is 5.69 Å². The van der Waals surface area contributed by atoms with Crippen LogP contribution in [0.5, 0.6) is 5.75 Å². The summed E-state index contributed by atoms with van der Waals surface area (Å²) in [4.78, 5) is 11.6. The maximum absolute atomic E-state index is 11.6. The summed E-state index contributed by atoms with van der Waals surface area (Å²) in [5, 5.41) is 9.28. The number of rotatable bonds is 2. The molecule has 0 saturated heterocycles. The molecule has 1 aliphatic rings. The van der Waals surface area contributed by atoms with Gasteiger partial charge >= 0.3 is 5.97 Å². The largest absolute Gasteiger partial charge is 0.506 e.